The van der Waals surface area contributed by atoms with Gasteiger partial charge in [-0.3, -0.25) is 4.79 Å². The van der Waals surface area contributed by atoms with E-state index in [1.54, 1.807) is 12.0 Å². The van der Waals surface area contributed by atoms with Crippen LogP contribution in [0.4, 0.5) is 0 Å². The van der Waals surface area contributed by atoms with E-state index in [1.165, 1.54) is 0 Å². The number of rotatable bonds is 3. The molecule has 1 atom stereocenters. The van der Waals surface area contributed by atoms with E-state index in [1.807, 2.05) is 24.3 Å². The number of hydrogen-bond donors (Lipinski definition) is 0. The molecule has 1 aromatic carbocycles. The molecule has 1 amide bonds. The van der Waals surface area contributed by atoms with Crippen LogP contribution in [-0.4, -0.2) is 24.1 Å². The Hall–Kier alpha value is -1.06. The van der Waals surface area contributed by atoms with Crippen LogP contribution >= 0.6 is 11.6 Å². The summed E-state index contributed by atoms with van der Waals surface area (Å²) in [4.78, 5) is 13.4. The molecule has 1 unspecified atom stereocenters. The fourth-order valence-electron chi connectivity index (χ4n) is 1.93. The smallest absolute Gasteiger partial charge is 0.225 e. The van der Waals surface area contributed by atoms with E-state index < -0.39 is 0 Å². The van der Waals surface area contributed by atoms with Gasteiger partial charge in [-0.15, -0.1) is 0 Å². The summed E-state index contributed by atoms with van der Waals surface area (Å²) in [5.41, 5.74) is 1.07. The molecule has 1 heterocycles. The van der Waals surface area contributed by atoms with Crippen molar-refractivity contribution in [2.45, 2.75) is 25.6 Å². The standard InChI is InChI=1S/C12H14ClNO2/c1-16-12-7-6-11(15)14(12)8-9-2-4-10(13)5-3-9/h2-5,12H,6-8H2,1H3. The third-order valence-electron chi connectivity index (χ3n) is 2.81. The van der Waals surface area contributed by atoms with E-state index in [4.69, 9.17) is 16.3 Å². The zero-order chi connectivity index (χ0) is 11.5. The lowest BCUT2D eigenvalue weighted by molar-refractivity contribution is -0.135. The van der Waals surface area contributed by atoms with Crippen LogP contribution in [0.25, 0.3) is 0 Å². The van der Waals surface area contributed by atoms with Gasteiger partial charge in [-0.05, 0) is 17.7 Å². The summed E-state index contributed by atoms with van der Waals surface area (Å²) in [6.45, 7) is 0.592. The van der Waals surface area contributed by atoms with Gasteiger partial charge >= 0.3 is 0 Å². The number of ether oxygens (including phenoxy) is 1. The lowest BCUT2D eigenvalue weighted by Gasteiger charge is -2.23. The topological polar surface area (TPSA) is 29.5 Å². The molecule has 0 spiro atoms. The average molecular weight is 240 g/mol. The van der Waals surface area contributed by atoms with Crippen LogP contribution in [0.1, 0.15) is 18.4 Å². The first-order valence-electron chi connectivity index (χ1n) is 5.27. The lowest BCUT2D eigenvalue weighted by atomic mass is 10.2. The van der Waals surface area contributed by atoms with Crippen LogP contribution in [0.5, 0.6) is 0 Å². The van der Waals surface area contributed by atoms with Crippen LogP contribution in [0.15, 0.2) is 24.3 Å². The summed E-state index contributed by atoms with van der Waals surface area (Å²) in [7, 11) is 1.64. The Morgan fingerprint density at radius 3 is 2.75 bits per heavy atom. The molecule has 1 aromatic rings. The second-order valence-corrected chi connectivity index (χ2v) is 4.31. The van der Waals surface area contributed by atoms with Crippen LogP contribution < -0.4 is 0 Å². The SMILES string of the molecule is COC1CCC(=O)N1Cc1ccc(Cl)cc1. The number of methoxy groups -OCH3 is 1. The molecule has 0 aliphatic carbocycles. The maximum Gasteiger partial charge on any atom is 0.225 e. The van der Waals surface area contributed by atoms with Crippen molar-refractivity contribution < 1.29 is 9.53 Å². The number of hydrogen-bond acceptors (Lipinski definition) is 2. The predicted octanol–water partition coefficient (Wildman–Crippen LogP) is 2.43. The summed E-state index contributed by atoms with van der Waals surface area (Å²) in [6, 6.07) is 7.53. The molecular formula is C12H14ClNO2. The molecule has 0 bridgehead atoms. The Morgan fingerprint density at radius 1 is 1.44 bits per heavy atom. The minimum atomic E-state index is -0.0804. The molecule has 1 fully saturated rings. The first kappa shape index (κ1) is 11.4. The second kappa shape index (κ2) is 4.85. The highest BCUT2D eigenvalue weighted by Gasteiger charge is 2.30. The van der Waals surface area contributed by atoms with Crippen LogP contribution in [-0.2, 0) is 16.1 Å². The van der Waals surface area contributed by atoms with Crippen LogP contribution in [0, 0.1) is 0 Å². The highest BCUT2D eigenvalue weighted by atomic mass is 35.5. The van der Waals surface area contributed by atoms with Crippen molar-refractivity contribution in [2.24, 2.45) is 0 Å². The molecule has 0 radical (unpaired) electrons. The molecule has 1 aliphatic rings. The summed E-state index contributed by atoms with van der Waals surface area (Å²) < 4.78 is 5.27. The molecule has 16 heavy (non-hydrogen) atoms. The molecule has 1 aliphatic heterocycles. The van der Waals surface area contributed by atoms with Gasteiger partial charge in [0.2, 0.25) is 5.91 Å². The zero-order valence-electron chi connectivity index (χ0n) is 9.15. The molecule has 0 aromatic heterocycles. The maximum atomic E-state index is 11.6. The fourth-order valence-corrected chi connectivity index (χ4v) is 2.05. The predicted molar refractivity (Wildman–Crippen MR) is 62.0 cm³/mol. The summed E-state index contributed by atoms with van der Waals surface area (Å²) >= 11 is 5.81. The maximum absolute atomic E-state index is 11.6. The summed E-state index contributed by atoms with van der Waals surface area (Å²) in [5, 5.41) is 0.708. The third kappa shape index (κ3) is 2.36. The van der Waals surface area contributed by atoms with E-state index in [2.05, 4.69) is 0 Å². The van der Waals surface area contributed by atoms with Gasteiger partial charge in [-0.2, -0.15) is 0 Å². The van der Waals surface area contributed by atoms with Gasteiger partial charge in [0.1, 0.15) is 6.23 Å². The van der Waals surface area contributed by atoms with Gasteiger partial charge in [0.25, 0.3) is 0 Å². The van der Waals surface area contributed by atoms with Gasteiger partial charge < -0.3 is 9.64 Å². The van der Waals surface area contributed by atoms with E-state index in [0.29, 0.717) is 18.0 Å². The number of amides is 1. The normalized spacial score (nSPS) is 20.5. The monoisotopic (exact) mass is 239 g/mol. The number of likely N-dealkylation sites (tertiary alicyclic amines) is 1. The highest BCUT2D eigenvalue weighted by molar-refractivity contribution is 6.30. The van der Waals surface area contributed by atoms with E-state index in [9.17, 15) is 4.79 Å². The molecule has 0 saturated carbocycles. The van der Waals surface area contributed by atoms with Gasteiger partial charge in [0, 0.05) is 31.5 Å². The average Bonchev–Trinajstić information content (AvgIpc) is 2.63. The van der Waals surface area contributed by atoms with Gasteiger partial charge in [-0.1, -0.05) is 23.7 Å². The Balaban J connectivity index is 2.08. The molecule has 0 N–H and O–H groups in total. The van der Waals surface area contributed by atoms with Crippen molar-refractivity contribution in [1.29, 1.82) is 0 Å². The van der Waals surface area contributed by atoms with Crippen molar-refractivity contribution in [3.63, 3.8) is 0 Å². The highest BCUT2D eigenvalue weighted by Crippen LogP contribution is 2.22. The molecule has 4 heteroatoms. The zero-order valence-corrected chi connectivity index (χ0v) is 9.91. The number of benzene rings is 1. The molecular weight excluding hydrogens is 226 g/mol. The van der Waals surface area contributed by atoms with Gasteiger partial charge in [0.05, 0.1) is 0 Å². The van der Waals surface area contributed by atoms with Crippen molar-refractivity contribution in [3.8, 4) is 0 Å². The lowest BCUT2D eigenvalue weighted by Crippen LogP contribution is -2.33. The molecule has 1 saturated heterocycles. The Bertz CT molecular complexity index is 377. The van der Waals surface area contributed by atoms with Crippen molar-refractivity contribution in [3.05, 3.63) is 34.9 Å². The number of halogens is 1. The van der Waals surface area contributed by atoms with Crippen molar-refractivity contribution in [1.82, 2.24) is 4.90 Å². The minimum Gasteiger partial charge on any atom is -0.362 e. The Kier molecular flexibility index (Phi) is 3.46. The van der Waals surface area contributed by atoms with Crippen LogP contribution in [0.2, 0.25) is 5.02 Å². The Morgan fingerprint density at radius 2 is 2.12 bits per heavy atom. The summed E-state index contributed by atoms with van der Waals surface area (Å²) in [5.74, 6) is 0.154. The molecule has 3 nitrogen and oxygen atoms in total. The van der Waals surface area contributed by atoms with Gasteiger partial charge in [0.15, 0.2) is 0 Å². The largest absolute Gasteiger partial charge is 0.362 e. The summed E-state index contributed by atoms with van der Waals surface area (Å²) in [6.07, 6.45) is 1.28. The third-order valence-corrected chi connectivity index (χ3v) is 3.06. The molecule has 86 valence electrons. The van der Waals surface area contributed by atoms with Gasteiger partial charge in [-0.25, -0.2) is 0 Å². The second-order valence-electron chi connectivity index (χ2n) is 3.88. The first-order valence-corrected chi connectivity index (χ1v) is 5.65. The van der Waals surface area contributed by atoms with E-state index in [-0.39, 0.29) is 12.1 Å². The Labute approximate surface area is 100.0 Å². The first-order chi connectivity index (χ1) is 7.70. The van der Waals surface area contributed by atoms with Crippen molar-refractivity contribution in [2.75, 3.05) is 7.11 Å². The number of carbonyl (C=O) groups is 1. The van der Waals surface area contributed by atoms with Crippen molar-refractivity contribution >= 4 is 17.5 Å². The van der Waals surface area contributed by atoms with E-state index >= 15 is 0 Å². The molecule has 2 rings (SSSR count). The van der Waals surface area contributed by atoms with E-state index in [0.717, 1.165) is 12.0 Å². The minimum absolute atomic E-state index is 0.0804. The van der Waals surface area contributed by atoms with Crippen LogP contribution in [0.3, 0.4) is 0 Å². The quantitative estimate of drug-likeness (QED) is 0.811. The fraction of sp³-hybridized carbons (Fsp3) is 0.417. The number of nitrogens with zero attached hydrogens (tertiary/aromatic N) is 1. The number of carbonyl (C=O) groups excluding carboxylic acids is 1.